The highest BCUT2D eigenvalue weighted by atomic mass is 19.1. The molecule has 0 spiro atoms. The van der Waals surface area contributed by atoms with Crippen molar-refractivity contribution in [2.75, 3.05) is 31.1 Å². The highest BCUT2D eigenvalue weighted by Gasteiger charge is 2.22. The molecule has 0 amide bonds. The molecule has 1 aliphatic heterocycles. The van der Waals surface area contributed by atoms with E-state index in [9.17, 15) is 4.39 Å². The molecule has 0 aliphatic carbocycles. The Balaban J connectivity index is 1.24. The van der Waals surface area contributed by atoms with E-state index in [0.29, 0.717) is 0 Å². The molecular formula is C22H23FN8. The number of benzene rings is 1. The van der Waals surface area contributed by atoms with Crippen molar-refractivity contribution < 1.29 is 4.39 Å². The molecule has 0 N–H and O–H groups in total. The lowest BCUT2D eigenvalue weighted by Gasteiger charge is -2.35. The van der Waals surface area contributed by atoms with Crippen LogP contribution in [-0.2, 0) is 13.6 Å². The summed E-state index contributed by atoms with van der Waals surface area (Å²) in [6, 6.07) is 6.41. The highest BCUT2D eigenvalue weighted by Crippen LogP contribution is 2.27. The van der Waals surface area contributed by atoms with Crippen molar-refractivity contribution in [3.8, 4) is 17.1 Å². The number of piperazine rings is 1. The van der Waals surface area contributed by atoms with Gasteiger partial charge in [0.15, 0.2) is 11.6 Å². The second-order valence-electron chi connectivity index (χ2n) is 7.69. The van der Waals surface area contributed by atoms with Crippen LogP contribution in [0.25, 0.3) is 17.1 Å². The molecule has 0 saturated carbocycles. The average Bonchev–Trinajstić information content (AvgIpc) is 3.44. The monoisotopic (exact) mass is 418 g/mol. The molecule has 4 aromatic rings. The summed E-state index contributed by atoms with van der Waals surface area (Å²) in [4.78, 5) is 18.1. The largest absolute Gasteiger partial charge is 0.352 e. The van der Waals surface area contributed by atoms with E-state index in [4.69, 9.17) is 0 Å². The maximum Gasteiger partial charge on any atom is 0.171 e. The zero-order valence-electron chi connectivity index (χ0n) is 17.3. The fourth-order valence-electron chi connectivity index (χ4n) is 3.83. The SMILES string of the molecule is Cn1cnc(-n2cc(CN3CCN(c4nccnc4-c4ccc(F)cc4)CC3)cn2)c1. The summed E-state index contributed by atoms with van der Waals surface area (Å²) in [7, 11) is 1.94. The molecule has 5 rings (SSSR count). The third-order valence-electron chi connectivity index (χ3n) is 5.44. The lowest BCUT2D eigenvalue weighted by Crippen LogP contribution is -2.46. The van der Waals surface area contributed by atoms with Crippen molar-refractivity contribution in [1.82, 2.24) is 34.2 Å². The molecule has 0 unspecified atom stereocenters. The number of imidazole rings is 1. The van der Waals surface area contributed by atoms with E-state index in [1.807, 2.05) is 30.2 Å². The number of hydrogen-bond acceptors (Lipinski definition) is 6. The lowest BCUT2D eigenvalue weighted by molar-refractivity contribution is 0.249. The summed E-state index contributed by atoms with van der Waals surface area (Å²) in [5.74, 6) is 1.40. The first kappa shape index (κ1) is 19.4. The van der Waals surface area contributed by atoms with Crippen molar-refractivity contribution in [2.24, 2.45) is 7.05 Å². The summed E-state index contributed by atoms with van der Waals surface area (Å²) in [5, 5.41) is 4.44. The minimum absolute atomic E-state index is 0.255. The number of halogens is 1. The standard InChI is InChI=1S/C22H23FN8/c1-28-15-20(26-16-28)31-14-17(12-27-31)13-29-8-10-30(11-9-29)22-21(24-6-7-25-22)18-2-4-19(23)5-3-18/h2-7,12,14-16H,8-11,13H2,1H3. The van der Waals surface area contributed by atoms with Gasteiger partial charge in [-0.25, -0.2) is 19.0 Å². The van der Waals surface area contributed by atoms with Gasteiger partial charge in [0, 0.05) is 75.7 Å². The number of hydrogen-bond donors (Lipinski definition) is 0. The summed E-state index contributed by atoms with van der Waals surface area (Å²) in [5.41, 5.74) is 2.81. The first-order chi connectivity index (χ1) is 15.2. The molecule has 31 heavy (non-hydrogen) atoms. The Bertz CT molecular complexity index is 1160. The van der Waals surface area contributed by atoms with Crippen LogP contribution in [0.2, 0.25) is 0 Å². The van der Waals surface area contributed by atoms with Gasteiger partial charge in [0.05, 0.1) is 12.5 Å². The molecule has 0 bridgehead atoms. The van der Waals surface area contributed by atoms with Crippen LogP contribution >= 0.6 is 0 Å². The molecule has 8 nitrogen and oxygen atoms in total. The van der Waals surface area contributed by atoms with Gasteiger partial charge in [0.25, 0.3) is 0 Å². The molecule has 1 fully saturated rings. The van der Waals surface area contributed by atoms with Crippen molar-refractivity contribution in [3.05, 3.63) is 73.0 Å². The number of anilines is 1. The van der Waals surface area contributed by atoms with Crippen molar-refractivity contribution in [1.29, 1.82) is 0 Å². The number of nitrogens with zero attached hydrogens (tertiary/aromatic N) is 8. The molecule has 1 aliphatic rings. The van der Waals surface area contributed by atoms with E-state index in [1.54, 1.807) is 35.5 Å². The van der Waals surface area contributed by atoms with E-state index in [1.165, 1.54) is 12.1 Å². The predicted molar refractivity (Wildman–Crippen MR) is 115 cm³/mol. The Kier molecular flexibility index (Phi) is 5.17. The zero-order valence-corrected chi connectivity index (χ0v) is 17.3. The Labute approximate surface area is 179 Å². The van der Waals surface area contributed by atoms with Gasteiger partial charge in [-0.2, -0.15) is 5.10 Å². The van der Waals surface area contributed by atoms with Crippen LogP contribution in [0.5, 0.6) is 0 Å². The summed E-state index contributed by atoms with van der Waals surface area (Å²) >= 11 is 0. The molecular weight excluding hydrogens is 395 g/mol. The van der Waals surface area contributed by atoms with Gasteiger partial charge < -0.3 is 9.47 Å². The minimum atomic E-state index is -0.255. The first-order valence-corrected chi connectivity index (χ1v) is 10.2. The highest BCUT2D eigenvalue weighted by molar-refractivity contribution is 5.72. The summed E-state index contributed by atoms with van der Waals surface area (Å²) < 4.78 is 17.0. The van der Waals surface area contributed by atoms with Crippen LogP contribution in [0.1, 0.15) is 5.56 Å². The van der Waals surface area contributed by atoms with Gasteiger partial charge >= 0.3 is 0 Å². The van der Waals surface area contributed by atoms with E-state index < -0.39 is 0 Å². The first-order valence-electron chi connectivity index (χ1n) is 10.2. The average molecular weight is 418 g/mol. The predicted octanol–water partition coefficient (Wildman–Crippen LogP) is 2.52. The maximum absolute atomic E-state index is 13.3. The van der Waals surface area contributed by atoms with Crippen LogP contribution in [0.15, 0.2) is 61.6 Å². The Morgan fingerprint density at radius 1 is 0.935 bits per heavy atom. The Morgan fingerprint density at radius 3 is 2.45 bits per heavy atom. The van der Waals surface area contributed by atoms with Crippen LogP contribution in [0.3, 0.4) is 0 Å². The summed E-state index contributed by atoms with van der Waals surface area (Å²) in [6.45, 7) is 4.36. The van der Waals surface area contributed by atoms with E-state index in [0.717, 1.165) is 61.2 Å². The quantitative estimate of drug-likeness (QED) is 0.496. The normalized spacial score (nSPS) is 14.8. The van der Waals surface area contributed by atoms with Gasteiger partial charge in [0.2, 0.25) is 0 Å². The Hall–Kier alpha value is -3.59. The molecule has 1 saturated heterocycles. The second-order valence-corrected chi connectivity index (χ2v) is 7.69. The number of aryl methyl sites for hydroxylation is 1. The lowest BCUT2D eigenvalue weighted by atomic mass is 10.1. The van der Waals surface area contributed by atoms with Crippen molar-refractivity contribution in [2.45, 2.75) is 6.54 Å². The van der Waals surface area contributed by atoms with Gasteiger partial charge in [-0.05, 0) is 24.3 Å². The smallest absolute Gasteiger partial charge is 0.171 e. The number of aromatic nitrogens is 6. The van der Waals surface area contributed by atoms with Crippen LogP contribution in [-0.4, -0.2) is 60.4 Å². The minimum Gasteiger partial charge on any atom is -0.352 e. The molecule has 4 heterocycles. The van der Waals surface area contributed by atoms with Crippen LogP contribution in [0, 0.1) is 5.82 Å². The van der Waals surface area contributed by atoms with Gasteiger partial charge in [-0.15, -0.1) is 0 Å². The van der Waals surface area contributed by atoms with Crippen LogP contribution < -0.4 is 4.90 Å². The van der Waals surface area contributed by atoms with Gasteiger partial charge in [-0.1, -0.05) is 0 Å². The topological polar surface area (TPSA) is 67.9 Å². The third-order valence-corrected chi connectivity index (χ3v) is 5.44. The van der Waals surface area contributed by atoms with Crippen LogP contribution in [0.4, 0.5) is 10.2 Å². The second kappa shape index (κ2) is 8.27. The fraction of sp³-hybridized carbons (Fsp3) is 0.273. The summed E-state index contributed by atoms with van der Waals surface area (Å²) in [6.07, 6.45) is 11.0. The molecule has 158 valence electrons. The molecule has 0 atom stereocenters. The van der Waals surface area contributed by atoms with E-state index >= 15 is 0 Å². The van der Waals surface area contributed by atoms with E-state index in [2.05, 4.69) is 29.9 Å². The van der Waals surface area contributed by atoms with Gasteiger partial charge in [-0.3, -0.25) is 9.88 Å². The molecule has 3 aromatic heterocycles. The number of rotatable bonds is 5. The zero-order chi connectivity index (χ0) is 21.2. The third kappa shape index (κ3) is 4.17. The van der Waals surface area contributed by atoms with E-state index in [-0.39, 0.29) is 5.82 Å². The van der Waals surface area contributed by atoms with Crippen molar-refractivity contribution >= 4 is 5.82 Å². The molecule has 9 heteroatoms. The molecule has 0 radical (unpaired) electrons. The molecule has 1 aromatic carbocycles. The fourth-order valence-corrected chi connectivity index (χ4v) is 3.83. The van der Waals surface area contributed by atoms with Crippen molar-refractivity contribution in [3.63, 3.8) is 0 Å². The maximum atomic E-state index is 13.3. The van der Waals surface area contributed by atoms with Gasteiger partial charge in [0.1, 0.15) is 11.5 Å². The Morgan fingerprint density at radius 2 is 1.71 bits per heavy atom.